The lowest BCUT2D eigenvalue weighted by atomic mass is 9.87. The Morgan fingerprint density at radius 1 is 1.18 bits per heavy atom. The zero-order valence-corrected chi connectivity index (χ0v) is 20.1. The number of halogens is 1. The Bertz CT molecular complexity index is 1130. The lowest BCUT2D eigenvalue weighted by Gasteiger charge is -2.27. The highest BCUT2D eigenvalue weighted by atomic mass is 19.1. The van der Waals surface area contributed by atoms with E-state index in [1.807, 2.05) is 35.2 Å². The molecule has 2 fully saturated rings. The molecule has 0 aromatic heterocycles. The number of allylic oxidation sites excluding steroid dienone is 1. The van der Waals surface area contributed by atoms with Crippen LogP contribution >= 0.6 is 0 Å². The topological polar surface area (TPSA) is 56.5 Å². The van der Waals surface area contributed by atoms with Crippen molar-refractivity contribution in [3.63, 3.8) is 0 Å². The number of benzene rings is 2. The predicted octanol–water partition coefficient (Wildman–Crippen LogP) is 5.92. The number of carbonyl (C=O) groups is 1. The van der Waals surface area contributed by atoms with E-state index in [4.69, 9.17) is 0 Å². The molecule has 4 rings (SSSR count). The van der Waals surface area contributed by atoms with Gasteiger partial charge in [-0.25, -0.2) is 4.39 Å². The number of aliphatic imine (C=N–C) groups is 1. The molecule has 2 aliphatic rings. The molecule has 1 saturated carbocycles. The fourth-order valence-corrected chi connectivity index (χ4v) is 4.72. The monoisotopic (exact) mass is 457 g/mol. The zero-order valence-electron chi connectivity index (χ0n) is 20.1. The van der Waals surface area contributed by atoms with E-state index in [-0.39, 0.29) is 17.6 Å². The van der Waals surface area contributed by atoms with Gasteiger partial charge in [0, 0.05) is 20.1 Å². The van der Waals surface area contributed by atoms with Crippen molar-refractivity contribution in [2.24, 2.45) is 10.9 Å². The molecule has 0 bridgehead atoms. The van der Waals surface area contributed by atoms with E-state index >= 15 is 0 Å². The number of likely N-dealkylation sites (tertiary alicyclic amines) is 1. The zero-order chi connectivity index (χ0) is 24.1. The van der Waals surface area contributed by atoms with Gasteiger partial charge in [0.1, 0.15) is 11.5 Å². The van der Waals surface area contributed by atoms with Crippen molar-refractivity contribution in [2.45, 2.75) is 51.4 Å². The fourth-order valence-electron chi connectivity index (χ4n) is 4.72. The van der Waals surface area contributed by atoms with Crippen LogP contribution in [0.25, 0.3) is 5.57 Å². The Balaban J connectivity index is 1.64. The van der Waals surface area contributed by atoms with E-state index in [1.54, 1.807) is 25.2 Å². The van der Waals surface area contributed by atoms with Crippen LogP contribution in [0, 0.1) is 23.1 Å². The maximum Gasteiger partial charge on any atom is 0.271 e. The van der Waals surface area contributed by atoms with Gasteiger partial charge in [-0.05, 0) is 96.9 Å². The summed E-state index contributed by atoms with van der Waals surface area (Å²) >= 11 is 0. The molecule has 5 heteroatoms. The quantitative estimate of drug-likeness (QED) is 0.485. The number of piperidine rings is 1. The normalized spacial score (nSPS) is 17.9. The van der Waals surface area contributed by atoms with Crippen molar-refractivity contribution in [3.8, 4) is 6.07 Å². The minimum atomic E-state index is -0.163. The van der Waals surface area contributed by atoms with Gasteiger partial charge < -0.3 is 4.90 Å². The third-order valence-electron chi connectivity index (χ3n) is 6.93. The number of hydrogen-bond acceptors (Lipinski definition) is 3. The van der Waals surface area contributed by atoms with Gasteiger partial charge >= 0.3 is 0 Å². The molecule has 2 aromatic rings. The molecule has 0 N–H and O–H groups in total. The van der Waals surface area contributed by atoms with Gasteiger partial charge in [-0.15, -0.1) is 0 Å². The van der Waals surface area contributed by atoms with E-state index < -0.39 is 0 Å². The molecule has 4 nitrogen and oxygen atoms in total. The van der Waals surface area contributed by atoms with Crippen molar-refractivity contribution in [2.75, 3.05) is 20.1 Å². The molecule has 1 heterocycles. The Hall–Kier alpha value is -3.26. The number of rotatable bonds is 7. The SMILES string of the molecule is C/N=C(\C=C(\c1ccc(C#N)cc1)[C@H](C)Cc1ccc(C2CC2)cc1F)C(=O)N1CCCCC1. The van der Waals surface area contributed by atoms with Crippen LogP contribution in [-0.4, -0.2) is 36.7 Å². The summed E-state index contributed by atoms with van der Waals surface area (Å²) in [5, 5.41) is 9.19. The van der Waals surface area contributed by atoms with Gasteiger partial charge in [0.05, 0.1) is 11.6 Å². The van der Waals surface area contributed by atoms with Crippen LogP contribution in [-0.2, 0) is 11.2 Å². The minimum Gasteiger partial charge on any atom is -0.337 e. The van der Waals surface area contributed by atoms with Crippen LogP contribution < -0.4 is 0 Å². The second-order valence-corrected chi connectivity index (χ2v) is 9.48. The fraction of sp³-hybridized carbons (Fsp3) is 0.414. The number of carbonyl (C=O) groups excluding carboxylic acids is 1. The summed E-state index contributed by atoms with van der Waals surface area (Å²) in [6.45, 7) is 3.56. The van der Waals surface area contributed by atoms with E-state index in [0.29, 0.717) is 29.2 Å². The number of nitriles is 1. The summed E-state index contributed by atoms with van der Waals surface area (Å²) in [4.78, 5) is 19.4. The highest BCUT2D eigenvalue weighted by Gasteiger charge is 2.25. The minimum absolute atomic E-state index is 0.0551. The molecule has 34 heavy (non-hydrogen) atoms. The molecule has 176 valence electrons. The van der Waals surface area contributed by atoms with Crippen molar-refractivity contribution in [1.29, 1.82) is 5.26 Å². The lowest BCUT2D eigenvalue weighted by Crippen LogP contribution is -2.39. The number of amides is 1. The van der Waals surface area contributed by atoms with Crippen molar-refractivity contribution in [3.05, 3.63) is 76.6 Å². The van der Waals surface area contributed by atoms with Crippen LogP contribution in [0.5, 0.6) is 0 Å². The Morgan fingerprint density at radius 3 is 2.47 bits per heavy atom. The molecule has 0 spiro atoms. The largest absolute Gasteiger partial charge is 0.337 e. The molecule has 1 saturated heterocycles. The summed E-state index contributed by atoms with van der Waals surface area (Å²) in [6, 6.07) is 15.1. The summed E-state index contributed by atoms with van der Waals surface area (Å²) in [6.07, 6.45) is 7.84. The first kappa shape index (κ1) is 23.9. The number of hydrogen-bond donors (Lipinski definition) is 0. The van der Waals surface area contributed by atoms with Crippen LogP contribution in [0.3, 0.4) is 0 Å². The summed E-state index contributed by atoms with van der Waals surface area (Å²) in [5.74, 6) is 0.240. The maximum absolute atomic E-state index is 14.9. The van der Waals surface area contributed by atoms with E-state index in [9.17, 15) is 14.4 Å². The smallest absolute Gasteiger partial charge is 0.271 e. The maximum atomic E-state index is 14.9. The summed E-state index contributed by atoms with van der Waals surface area (Å²) in [7, 11) is 1.64. The average Bonchev–Trinajstić information content (AvgIpc) is 3.72. The van der Waals surface area contributed by atoms with Gasteiger partial charge in [-0.2, -0.15) is 5.26 Å². The van der Waals surface area contributed by atoms with Gasteiger partial charge in [0.15, 0.2) is 0 Å². The van der Waals surface area contributed by atoms with Crippen LogP contribution in [0.2, 0.25) is 0 Å². The highest BCUT2D eigenvalue weighted by Crippen LogP contribution is 2.40. The van der Waals surface area contributed by atoms with Gasteiger partial charge in [0.2, 0.25) is 0 Å². The molecule has 1 atom stereocenters. The van der Waals surface area contributed by atoms with Crippen molar-refractivity contribution in [1.82, 2.24) is 4.90 Å². The molecule has 1 aliphatic heterocycles. The number of nitrogens with zero attached hydrogens (tertiary/aromatic N) is 3. The Labute approximate surface area is 201 Å². The first-order valence-electron chi connectivity index (χ1n) is 12.3. The van der Waals surface area contributed by atoms with Gasteiger partial charge in [-0.3, -0.25) is 9.79 Å². The molecule has 0 unspecified atom stereocenters. The summed E-state index contributed by atoms with van der Waals surface area (Å²) in [5.41, 5.74) is 4.58. The molecule has 0 radical (unpaired) electrons. The second kappa shape index (κ2) is 10.8. The second-order valence-electron chi connectivity index (χ2n) is 9.48. The summed E-state index contributed by atoms with van der Waals surface area (Å²) < 4.78 is 14.9. The Kier molecular flexibility index (Phi) is 7.57. The van der Waals surface area contributed by atoms with Crippen LogP contribution in [0.1, 0.15) is 67.2 Å². The Morgan fingerprint density at radius 2 is 1.88 bits per heavy atom. The van der Waals surface area contributed by atoms with Crippen molar-refractivity contribution >= 4 is 17.2 Å². The van der Waals surface area contributed by atoms with Gasteiger partial charge in [0.25, 0.3) is 5.91 Å². The van der Waals surface area contributed by atoms with E-state index in [1.165, 1.54) is 0 Å². The van der Waals surface area contributed by atoms with Crippen LogP contribution in [0.4, 0.5) is 4.39 Å². The third kappa shape index (κ3) is 5.62. The molecule has 1 aliphatic carbocycles. The highest BCUT2D eigenvalue weighted by molar-refractivity contribution is 6.44. The third-order valence-corrected chi connectivity index (χ3v) is 6.93. The van der Waals surface area contributed by atoms with E-state index in [2.05, 4.69) is 18.0 Å². The van der Waals surface area contributed by atoms with Crippen molar-refractivity contribution < 1.29 is 9.18 Å². The molecular weight excluding hydrogens is 425 g/mol. The van der Waals surface area contributed by atoms with Crippen LogP contribution in [0.15, 0.2) is 53.5 Å². The first-order valence-corrected chi connectivity index (χ1v) is 12.3. The van der Waals surface area contributed by atoms with E-state index in [0.717, 1.165) is 61.9 Å². The molecule has 2 aromatic carbocycles. The molecule has 1 amide bonds. The average molecular weight is 458 g/mol. The first-order chi connectivity index (χ1) is 16.5. The predicted molar refractivity (Wildman–Crippen MR) is 134 cm³/mol. The molecular formula is C29H32FN3O. The standard InChI is InChI=1S/C29H32FN3O/c1-20(16-25-13-12-24(17-27(25)30)22-10-11-22)26(23-8-6-21(19-31)7-9-23)18-28(32-2)29(34)33-14-4-3-5-15-33/h6-9,12-13,17-18,20,22H,3-5,10-11,14-16H2,1-2H3/b26-18+,32-28+/t20-/m1/s1. The lowest BCUT2D eigenvalue weighted by molar-refractivity contribution is -0.124. The van der Waals surface area contributed by atoms with Gasteiger partial charge in [-0.1, -0.05) is 31.2 Å².